The number of quaternary nitrogens is 1. The van der Waals surface area contributed by atoms with Crippen molar-refractivity contribution in [2.45, 2.75) is 6.10 Å². The van der Waals surface area contributed by atoms with Gasteiger partial charge in [0.25, 0.3) is 0 Å². The molecule has 0 heterocycles. The van der Waals surface area contributed by atoms with Crippen molar-refractivity contribution in [1.29, 1.82) is 0 Å². The van der Waals surface area contributed by atoms with Crippen LogP contribution in [0.3, 0.4) is 0 Å². The normalized spacial score (nSPS) is 12.0. The Kier molecular flexibility index (Phi) is 7.76. The Labute approximate surface area is 138 Å². The van der Waals surface area contributed by atoms with Gasteiger partial charge in [0.05, 0.1) is 20.7 Å². The Morgan fingerprint density at radius 1 is 0.952 bits per heavy atom. The first-order chi connectivity index (χ1) is 9.66. The Bertz CT molecular complexity index is 514. The van der Waals surface area contributed by atoms with Crippen LogP contribution in [0.15, 0.2) is 54.6 Å². The Morgan fingerprint density at radius 2 is 1.52 bits per heavy atom. The third kappa shape index (κ3) is 5.68. The van der Waals surface area contributed by atoms with Crippen LogP contribution in [0.1, 0.15) is 17.2 Å². The minimum absolute atomic E-state index is 0. The average Bonchev–Trinajstić information content (AvgIpc) is 2.46. The number of ether oxygens (including phenoxy) is 1. The van der Waals surface area contributed by atoms with Crippen LogP contribution in [-0.2, 0) is 4.74 Å². The third-order valence-electron chi connectivity index (χ3n) is 3.16. The summed E-state index contributed by atoms with van der Waals surface area (Å²) in [7, 11) is 4.26. The standard InChI is InChI=1S/C17H20ClNO.ClH/c1-19(2)12-13-20-17(14-6-4-3-5-7-14)15-8-10-16(18)11-9-15;/h3-11,17H,12-13H2,1-2H3;1H. The molecule has 0 saturated heterocycles. The first-order valence-electron chi connectivity index (χ1n) is 6.88. The molecule has 0 aromatic heterocycles. The van der Waals surface area contributed by atoms with Gasteiger partial charge in [-0.1, -0.05) is 54.1 Å². The average molecular weight is 326 g/mol. The summed E-state index contributed by atoms with van der Waals surface area (Å²) in [6, 6.07) is 18.2. The highest BCUT2D eigenvalue weighted by atomic mass is 35.5. The number of benzene rings is 2. The summed E-state index contributed by atoms with van der Waals surface area (Å²) in [5.74, 6) is 0. The van der Waals surface area contributed by atoms with E-state index in [1.165, 1.54) is 10.5 Å². The van der Waals surface area contributed by atoms with Crippen molar-refractivity contribution in [2.24, 2.45) is 0 Å². The highest BCUT2D eigenvalue weighted by Crippen LogP contribution is 2.26. The van der Waals surface area contributed by atoms with E-state index < -0.39 is 0 Å². The largest absolute Gasteiger partial charge is 1.00 e. The van der Waals surface area contributed by atoms with Crippen LogP contribution in [0, 0.1) is 0 Å². The van der Waals surface area contributed by atoms with Gasteiger partial charge in [-0.05, 0) is 23.3 Å². The molecule has 114 valence electrons. The first kappa shape index (κ1) is 18.0. The molecule has 0 bridgehead atoms. The van der Waals surface area contributed by atoms with Gasteiger partial charge < -0.3 is 22.0 Å². The van der Waals surface area contributed by atoms with Crippen molar-refractivity contribution in [3.8, 4) is 0 Å². The monoisotopic (exact) mass is 325 g/mol. The van der Waals surface area contributed by atoms with E-state index in [9.17, 15) is 0 Å². The van der Waals surface area contributed by atoms with Gasteiger partial charge in [0.15, 0.2) is 0 Å². The van der Waals surface area contributed by atoms with E-state index in [0.29, 0.717) is 0 Å². The second-order valence-electron chi connectivity index (χ2n) is 5.17. The molecule has 2 aromatic rings. The number of hydrogen-bond acceptors (Lipinski definition) is 1. The van der Waals surface area contributed by atoms with Crippen molar-refractivity contribution in [2.75, 3.05) is 27.2 Å². The zero-order chi connectivity index (χ0) is 14.4. The number of halogens is 2. The second-order valence-corrected chi connectivity index (χ2v) is 5.61. The fourth-order valence-corrected chi connectivity index (χ4v) is 2.16. The molecule has 0 aliphatic heterocycles. The maximum absolute atomic E-state index is 6.10. The van der Waals surface area contributed by atoms with Gasteiger partial charge in [-0.3, -0.25) is 0 Å². The summed E-state index contributed by atoms with van der Waals surface area (Å²) in [5.41, 5.74) is 2.30. The molecule has 2 nitrogen and oxygen atoms in total. The lowest BCUT2D eigenvalue weighted by molar-refractivity contribution is -0.858. The summed E-state index contributed by atoms with van der Waals surface area (Å²) < 4.78 is 6.10. The van der Waals surface area contributed by atoms with Gasteiger partial charge in [-0.15, -0.1) is 0 Å². The Morgan fingerprint density at radius 3 is 2.10 bits per heavy atom. The van der Waals surface area contributed by atoms with Crippen LogP contribution in [0.2, 0.25) is 5.02 Å². The fourth-order valence-electron chi connectivity index (χ4n) is 2.03. The van der Waals surface area contributed by atoms with Gasteiger partial charge in [0.2, 0.25) is 0 Å². The van der Waals surface area contributed by atoms with Gasteiger partial charge >= 0.3 is 0 Å². The van der Waals surface area contributed by atoms with E-state index in [1.54, 1.807) is 0 Å². The predicted octanol–water partition coefficient (Wildman–Crippen LogP) is -0.405. The van der Waals surface area contributed by atoms with Gasteiger partial charge in [0, 0.05) is 5.02 Å². The molecule has 0 aliphatic carbocycles. The van der Waals surface area contributed by atoms with Crippen LogP contribution in [0.4, 0.5) is 0 Å². The second kappa shape index (κ2) is 9.06. The van der Waals surface area contributed by atoms with E-state index in [0.717, 1.165) is 23.7 Å². The zero-order valence-electron chi connectivity index (χ0n) is 12.4. The van der Waals surface area contributed by atoms with Crippen molar-refractivity contribution in [1.82, 2.24) is 0 Å². The van der Waals surface area contributed by atoms with E-state index in [4.69, 9.17) is 16.3 Å². The SMILES string of the molecule is C[NH+](C)CCOC(c1ccccc1)c1ccc(Cl)cc1.[Cl-]. The number of likely N-dealkylation sites (N-methyl/N-ethyl adjacent to an activating group) is 1. The van der Waals surface area contributed by atoms with Gasteiger partial charge in [-0.2, -0.15) is 0 Å². The summed E-state index contributed by atoms with van der Waals surface area (Å²) in [6.45, 7) is 1.71. The van der Waals surface area contributed by atoms with E-state index in [-0.39, 0.29) is 18.5 Å². The minimum Gasteiger partial charge on any atom is -1.00 e. The molecular formula is C17H21Cl2NO. The smallest absolute Gasteiger partial charge is 0.108 e. The molecule has 2 rings (SSSR count). The highest BCUT2D eigenvalue weighted by molar-refractivity contribution is 6.30. The maximum atomic E-state index is 6.10. The lowest BCUT2D eigenvalue weighted by Crippen LogP contribution is -3.06. The van der Waals surface area contributed by atoms with Gasteiger partial charge in [0.1, 0.15) is 12.6 Å². The predicted molar refractivity (Wildman–Crippen MR) is 83.4 cm³/mol. The van der Waals surface area contributed by atoms with Crippen molar-refractivity contribution < 1.29 is 22.0 Å². The van der Waals surface area contributed by atoms with Crippen molar-refractivity contribution >= 4 is 11.6 Å². The Balaban J connectivity index is 0.00000220. The topological polar surface area (TPSA) is 13.7 Å². The molecule has 0 fully saturated rings. The van der Waals surface area contributed by atoms with Crippen LogP contribution >= 0.6 is 11.6 Å². The van der Waals surface area contributed by atoms with E-state index in [2.05, 4.69) is 26.2 Å². The zero-order valence-corrected chi connectivity index (χ0v) is 13.9. The van der Waals surface area contributed by atoms with E-state index >= 15 is 0 Å². The van der Waals surface area contributed by atoms with Gasteiger partial charge in [-0.25, -0.2) is 0 Å². The Hall–Kier alpha value is -1.06. The number of hydrogen-bond donors (Lipinski definition) is 1. The minimum atomic E-state index is -0.0344. The van der Waals surface area contributed by atoms with Crippen molar-refractivity contribution in [3.63, 3.8) is 0 Å². The fraction of sp³-hybridized carbons (Fsp3) is 0.294. The molecule has 1 unspecified atom stereocenters. The number of rotatable bonds is 6. The van der Waals surface area contributed by atoms with Crippen LogP contribution in [0.25, 0.3) is 0 Å². The highest BCUT2D eigenvalue weighted by Gasteiger charge is 2.14. The molecule has 4 heteroatoms. The van der Waals surface area contributed by atoms with Crippen LogP contribution < -0.4 is 17.3 Å². The summed E-state index contributed by atoms with van der Waals surface area (Å²) >= 11 is 5.96. The number of nitrogens with one attached hydrogen (secondary N) is 1. The molecule has 1 N–H and O–H groups in total. The molecule has 0 aliphatic rings. The molecule has 21 heavy (non-hydrogen) atoms. The molecule has 2 aromatic carbocycles. The lowest BCUT2D eigenvalue weighted by Gasteiger charge is -2.19. The first-order valence-corrected chi connectivity index (χ1v) is 7.25. The van der Waals surface area contributed by atoms with Crippen LogP contribution in [0.5, 0.6) is 0 Å². The third-order valence-corrected chi connectivity index (χ3v) is 3.41. The summed E-state index contributed by atoms with van der Waals surface area (Å²) in [6.07, 6.45) is -0.0344. The molecule has 0 radical (unpaired) electrons. The maximum Gasteiger partial charge on any atom is 0.108 e. The molecule has 1 atom stereocenters. The molecule has 0 saturated carbocycles. The van der Waals surface area contributed by atoms with Crippen molar-refractivity contribution in [3.05, 3.63) is 70.7 Å². The molecular weight excluding hydrogens is 305 g/mol. The van der Waals surface area contributed by atoms with E-state index in [1.807, 2.05) is 42.5 Å². The molecule has 0 amide bonds. The lowest BCUT2D eigenvalue weighted by atomic mass is 10.0. The summed E-state index contributed by atoms with van der Waals surface area (Å²) in [5, 5.41) is 0.748. The van der Waals surface area contributed by atoms with Crippen LogP contribution in [-0.4, -0.2) is 27.2 Å². The summed E-state index contributed by atoms with van der Waals surface area (Å²) in [4.78, 5) is 1.38. The quantitative estimate of drug-likeness (QED) is 0.762. The molecule has 0 spiro atoms.